The Morgan fingerprint density at radius 2 is 1.40 bits per heavy atom. The molecule has 0 heterocycles. The minimum atomic E-state index is -0.956. The van der Waals surface area contributed by atoms with Gasteiger partial charge in [-0.05, 0) is 27.7 Å². The van der Waals surface area contributed by atoms with Gasteiger partial charge >= 0.3 is 0 Å². The molecule has 0 unspecified atom stereocenters. The zero-order valence-electron chi connectivity index (χ0n) is 10.4. The van der Waals surface area contributed by atoms with Crippen molar-refractivity contribution in [2.75, 3.05) is 0 Å². The maximum absolute atomic E-state index is 9.00. The number of rotatable bonds is 4. The number of aliphatic carboxylic acids is 1. The lowest BCUT2D eigenvalue weighted by molar-refractivity contribution is -0.254. The van der Waals surface area contributed by atoms with Crippen molar-refractivity contribution >= 4 is 5.97 Å². The van der Waals surface area contributed by atoms with Crippen molar-refractivity contribution in [2.45, 2.75) is 59.7 Å². The van der Waals surface area contributed by atoms with Crippen LogP contribution in [-0.2, 0) is 14.3 Å². The van der Waals surface area contributed by atoms with Crippen LogP contribution in [0.3, 0.4) is 0 Å². The van der Waals surface area contributed by atoms with Crippen LogP contribution in [-0.4, -0.2) is 29.2 Å². The van der Waals surface area contributed by atoms with E-state index in [4.69, 9.17) is 25.1 Å². The zero-order valence-corrected chi connectivity index (χ0v) is 10.4. The number of carboxylic acid groups (broad SMARTS) is 1. The Balaban J connectivity index is 0. The van der Waals surface area contributed by atoms with Crippen LogP contribution in [0.1, 0.15) is 41.5 Å². The Kier molecular flexibility index (Phi) is 8.51. The van der Waals surface area contributed by atoms with Crippen molar-refractivity contribution in [3.05, 3.63) is 0 Å². The molecule has 0 bridgehead atoms. The van der Waals surface area contributed by atoms with Gasteiger partial charge in [0.25, 0.3) is 5.97 Å². The molecule has 5 nitrogen and oxygen atoms in total. The van der Waals surface area contributed by atoms with Crippen molar-refractivity contribution < 1.29 is 19.4 Å². The average Bonchev–Trinajstić information content (AvgIpc) is 1.75. The van der Waals surface area contributed by atoms with Crippen LogP contribution in [0, 0.1) is 0 Å². The van der Waals surface area contributed by atoms with Crippen molar-refractivity contribution in [3.8, 4) is 0 Å². The molecule has 0 fully saturated rings. The first-order chi connectivity index (χ1) is 6.57. The first-order valence-corrected chi connectivity index (χ1v) is 4.91. The van der Waals surface area contributed by atoms with Crippen LogP contribution in [0.2, 0.25) is 0 Å². The Morgan fingerprint density at radius 3 is 1.53 bits per heavy atom. The highest BCUT2D eigenvalue weighted by molar-refractivity contribution is 5.62. The van der Waals surface area contributed by atoms with E-state index in [0.29, 0.717) is 0 Å². The molecule has 0 radical (unpaired) electrons. The van der Waals surface area contributed by atoms with Crippen LogP contribution in [0.15, 0.2) is 0 Å². The van der Waals surface area contributed by atoms with Crippen LogP contribution >= 0.6 is 0 Å². The molecule has 0 amide bonds. The molecule has 0 spiro atoms. The maximum atomic E-state index is 9.00. The minimum absolute atomic E-state index is 0.0868. The number of hydrogen-bond donors (Lipinski definition) is 2. The molecule has 0 aliphatic rings. The van der Waals surface area contributed by atoms with E-state index in [1.165, 1.54) is 0 Å². The highest BCUT2D eigenvalue weighted by atomic mass is 16.7. The lowest BCUT2D eigenvalue weighted by atomic mass is 10.4. The second-order valence-corrected chi connectivity index (χ2v) is 3.87. The van der Waals surface area contributed by atoms with E-state index >= 15 is 0 Å². The summed E-state index contributed by atoms with van der Waals surface area (Å²) in [6.45, 7) is 10.5. The summed E-state index contributed by atoms with van der Waals surface area (Å²) in [7, 11) is 0. The number of carbonyl (C=O) groups is 1. The quantitative estimate of drug-likeness (QED) is 0.704. The Labute approximate surface area is 91.6 Å². The summed E-state index contributed by atoms with van der Waals surface area (Å²) in [4.78, 5) is 9.00. The molecule has 15 heavy (non-hydrogen) atoms. The molecule has 0 aliphatic carbocycles. The second-order valence-electron chi connectivity index (χ2n) is 3.87. The minimum Gasteiger partial charge on any atom is -0.481 e. The van der Waals surface area contributed by atoms with Gasteiger partial charge in [-0.15, -0.1) is 0 Å². The zero-order chi connectivity index (χ0) is 12.6. The summed E-state index contributed by atoms with van der Waals surface area (Å²) in [5.41, 5.74) is 5.67. The third kappa shape index (κ3) is 19.7. The van der Waals surface area contributed by atoms with Gasteiger partial charge in [-0.25, -0.2) is 0 Å². The lowest BCUT2D eigenvalue weighted by Crippen LogP contribution is -2.45. The molecule has 5 heteroatoms. The summed E-state index contributed by atoms with van der Waals surface area (Å²) in [6, 6.07) is 0. The number of hydrogen-bond acceptors (Lipinski definition) is 4. The largest absolute Gasteiger partial charge is 0.481 e. The van der Waals surface area contributed by atoms with Crippen molar-refractivity contribution in [3.63, 3.8) is 0 Å². The molecule has 92 valence electrons. The smallest absolute Gasteiger partial charge is 0.300 e. The van der Waals surface area contributed by atoms with Gasteiger partial charge in [0, 0.05) is 13.8 Å². The summed E-state index contributed by atoms with van der Waals surface area (Å²) in [5.74, 6) is -1.79. The van der Waals surface area contributed by atoms with E-state index in [9.17, 15) is 0 Å². The molecule has 0 aromatic rings. The second kappa shape index (κ2) is 7.62. The molecule has 0 atom stereocenters. The number of carboxylic acids is 1. The van der Waals surface area contributed by atoms with Crippen molar-refractivity contribution in [1.82, 2.24) is 0 Å². The molecule has 0 aromatic carbocycles. The van der Waals surface area contributed by atoms with E-state index in [2.05, 4.69) is 0 Å². The summed E-state index contributed by atoms with van der Waals surface area (Å²) < 4.78 is 10.6. The van der Waals surface area contributed by atoms with E-state index in [0.717, 1.165) is 6.92 Å². The van der Waals surface area contributed by atoms with Crippen LogP contribution in [0.25, 0.3) is 0 Å². The van der Waals surface area contributed by atoms with Gasteiger partial charge in [0.1, 0.15) is 0 Å². The highest BCUT2D eigenvalue weighted by Crippen LogP contribution is 2.10. The SMILES string of the molecule is CC(=O)O.CC(C)OC(C)(N)OC(C)C. The van der Waals surface area contributed by atoms with Gasteiger partial charge in [-0.1, -0.05) is 0 Å². The molecular weight excluding hydrogens is 198 g/mol. The van der Waals surface area contributed by atoms with Gasteiger partial charge in [-0.3, -0.25) is 10.5 Å². The van der Waals surface area contributed by atoms with Crippen molar-refractivity contribution in [2.24, 2.45) is 5.73 Å². The van der Waals surface area contributed by atoms with Gasteiger partial charge in [0.15, 0.2) is 0 Å². The normalized spacial score (nSPS) is 11.3. The first kappa shape index (κ1) is 16.8. The van der Waals surface area contributed by atoms with Gasteiger partial charge in [-0.2, -0.15) is 0 Å². The third-order valence-electron chi connectivity index (χ3n) is 0.939. The van der Waals surface area contributed by atoms with Gasteiger partial charge in [0.05, 0.1) is 12.2 Å². The van der Waals surface area contributed by atoms with Crippen molar-refractivity contribution in [1.29, 1.82) is 0 Å². The predicted octanol–water partition coefficient (Wildman–Crippen LogP) is 1.56. The molecule has 0 saturated carbocycles. The lowest BCUT2D eigenvalue weighted by Gasteiger charge is -2.29. The Bertz CT molecular complexity index is 162. The van der Waals surface area contributed by atoms with E-state index in [1.807, 2.05) is 27.7 Å². The molecular formula is C10H23NO4. The molecule has 0 aromatic heterocycles. The van der Waals surface area contributed by atoms with Gasteiger partial charge in [0.2, 0.25) is 5.91 Å². The van der Waals surface area contributed by atoms with E-state index < -0.39 is 11.9 Å². The van der Waals surface area contributed by atoms with Crippen LogP contribution in [0.5, 0.6) is 0 Å². The maximum Gasteiger partial charge on any atom is 0.300 e. The van der Waals surface area contributed by atoms with Gasteiger partial charge < -0.3 is 14.6 Å². The van der Waals surface area contributed by atoms with E-state index in [-0.39, 0.29) is 12.2 Å². The average molecular weight is 221 g/mol. The summed E-state index contributed by atoms with van der Waals surface area (Å²) >= 11 is 0. The first-order valence-electron chi connectivity index (χ1n) is 4.91. The number of nitrogens with two attached hydrogens (primary N) is 1. The number of ether oxygens (including phenoxy) is 2. The molecule has 0 rings (SSSR count). The Morgan fingerprint density at radius 1 is 1.20 bits per heavy atom. The van der Waals surface area contributed by atoms with E-state index in [1.54, 1.807) is 6.92 Å². The van der Waals surface area contributed by atoms with Crippen LogP contribution in [0.4, 0.5) is 0 Å². The standard InChI is InChI=1S/C8H19NO2.C2H4O2/c1-6(2)10-8(5,9)11-7(3)4;1-2(3)4/h6-7H,9H2,1-5H3;1H3,(H,3,4). The summed E-state index contributed by atoms with van der Waals surface area (Å²) in [5, 5.41) is 7.42. The van der Waals surface area contributed by atoms with Crippen LogP contribution < -0.4 is 5.73 Å². The molecule has 0 saturated heterocycles. The fraction of sp³-hybridized carbons (Fsp3) is 0.900. The summed E-state index contributed by atoms with van der Waals surface area (Å²) in [6.07, 6.45) is 0.174. The third-order valence-corrected chi connectivity index (χ3v) is 0.939. The topological polar surface area (TPSA) is 81.8 Å². The fourth-order valence-electron chi connectivity index (χ4n) is 0.964. The molecule has 0 aliphatic heterocycles. The Hall–Kier alpha value is -0.650. The monoisotopic (exact) mass is 221 g/mol. The highest BCUT2D eigenvalue weighted by Gasteiger charge is 2.22. The fourth-order valence-corrected chi connectivity index (χ4v) is 0.964. The molecule has 3 N–H and O–H groups in total. The predicted molar refractivity (Wildman–Crippen MR) is 58.3 cm³/mol.